The molecule has 26 heavy (non-hydrogen) atoms. The third-order valence-corrected chi connectivity index (χ3v) is 4.16. The van der Waals surface area contributed by atoms with Gasteiger partial charge in [-0.15, -0.1) is 0 Å². The van der Waals surface area contributed by atoms with E-state index in [-0.39, 0.29) is 11.1 Å². The predicted molar refractivity (Wildman–Crippen MR) is 99.7 cm³/mol. The molecule has 0 radical (unpaired) electrons. The van der Waals surface area contributed by atoms with Crippen molar-refractivity contribution in [2.45, 2.75) is 0 Å². The van der Waals surface area contributed by atoms with Crippen LogP contribution in [0.3, 0.4) is 0 Å². The fourth-order valence-corrected chi connectivity index (χ4v) is 2.93. The Kier molecular flexibility index (Phi) is 3.82. The lowest BCUT2D eigenvalue weighted by atomic mass is 10.1. The summed E-state index contributed by atoms with van der Waals surface area (Å²) in [6.45, 7) is 0. The Morgan fingerprint density at radius 3 is 2.38 bits per heavy atom. The van der Waals surface area contributed by atoms with Crippen molar-refractivity contribution in [1.29, 1.82) is 0 Å². The summed E-state index contributed by atoms with van der Waals surface area (Å²) in [5.41, 5.74) is 1.71. The average Bonchev–Trinajstić information content (AvgIpc) is 2.68. The van der Waals surface area contributed by atoms with Crippen molar-refractivity contribution in [3.63, 3.8) is 0 Å². The predicted octanol–water partition coefficient (Wildman–Crippen LogP) is 3.75. The van der Waals surface area contributed by atoms with E-state index in [1.165, 1.54) is 16.7 Å². The van der Waals surface area contributed by atoms with Gasteiger partial charge in [-0.3, -0.25) is 9.36 Å². The van der Waals surface area contributed by atoms with Crippen molar-refractivity contribution in [1.82, 2.24) is 9.55 Å². The number of hydrogen-bond acceptors (Lipinski definition) is 3. The molecule has 0 aliphatic rings. The van der Waals surface area contributed by atoms with Crippen molar-refractivity contribution in [3.05, 3.63) is 94.8 Å². The summed E-state index contributed by atoms with van der Waals surface area (Å²) in [6.07, 6.45) is 0. The number of benzene rings is 3. The Morgan fingerprint density at radius 1 is 0.885 bits per heavy atom. The quantitative estimate of drug-likeness (QED) is 0.615. The number of fused-ring (bicyclic) bond motifs is 1. The van der Waals surface area contributed by atoms with Crippen LogP contribution in [0.2, 0.25) is 0 Å². The van der Waals surface area contributed by atoms with Gasteiger partial charge in [-0.2, -0.15) is 0 Å². The fraction of sp³-hybridized carbons (Fsp3) is 0. The molecule has 1 N–H and O–H groups in total. The fourth-order valence-electron chi connectivity index (χ4n) is 2.93. The number of nitrogens with zero attached hydrogens (tertiary/aromatic N) is 2. The molecular weight excluding hydrogens is 328 g/mol. The highest BCUT2D eigenvalue weighted by molar-refractivity contribution is 5.88. The minimum Gasteiger partial charge on any atom is -0.478 e. The van der Waals surface area contributed by atoms with Gasteiger partial charge in [0.05, 0.1) is 22.2 Å². The Balaban J connectivity index is 2.10. The van der Waals surface area contributed by atoms with Crippen LogP contribution in [0, 0.1) is 0 Å². The lowest BCUT2D eigenvalue weighted by Crippen LogP contribution is -2.22. The van der Waals surface area contributed by atoms with Crippen LogP contribution >= 0.6 is 0 Å². The summed E-state index contributed by atoms with van der Waals surface area (Å²) in [7, 11) is 0. The topological polar surface area (TPSA) is 72.2 Å². The number of rotatable bonds is 3. The first kappa shape index (κ1) is 15.8. The maximum atomic E-state index is 13.2. The van der Waals surface area contributed by atoms with Crippen LogP contribution in [0.4, 0.5) is 0 Å². The molecule has 0 saturated carbocycles. The molecule has 0 spiro atoms. The number of para-hydroxylation sites is 1. The average molecular weight is 342 g/mol. The van der Waals surface area contributed by atoms with Gasteiger partial charge in [0.15, 0.2) is 0 Å². The van der Waals surface area contributed by atoms with Gasteiger partial charge in [0.1, 0.15) is 5.82 Å². The summed E-state index contributed by atoms with van der Waals surface area (Å²) in [5, 5.41) is 9.76. The van der Waals surface area contributed by atoms with Gasteiger partial charge in [-0.1, -0.05) is 48.5 Å². The maximum Gasteiger partial charge on any atom is 0.335 e. The van der Waals surface area contributed by atoms with Crippen LogP contribution in [0.1, 0.15) is 10.4 Å². The van der Waals surface area contributed by atoms with Crippen molar-refractivity contribution < 1.29 is 9.90 Å². The molecule has 0 atom stereocenters. The molecule has 4 aromatic rings. The summed E-state index contributed by atoms with van der Waals surface area (Å²) in [4.78, 5) is 29.2. The van der Waals surface area contributed by atoms with Gasteiger partial charge < -0.3 is 5.11 Å². The number of aromatic carboxylic acids is 1. The Morgan fingerprint density at radius 2 is 1.62 bits per heavy atom. The third kappa shape index (κ3) is 2.65. The molecule has 4 rings (SSSR count). The van der Waals surface area contributed by atoms with E-state index in [4.69, 9.17) is 0 Å². The largest absolute Gasteiger partial charge is 0.478 e. The van der Waals surface area contributed by atoms with Crippen LogP contribution in [0.15, 0.2) is 83.7 Å². The smallest absolute Gasteiger partial charge is 0.335 e. The molecule has 0 saturated heterocycles. The lowest BCUT2D eigenvalue weighted by molar-refractivity contribution is 0.0697. The third-order valence-electron chi connectivity index (χ3n) is 4.16. The van der Waals surface area contributed by atoms with E-state index in [0.29, 0.717) is 22.4 Å². The van der Waals surface area contributed by atoms with Crippen molar-refractivity contribution in [3.8, 4) is 17.1 Å². The zero-order valence-corrected chi connectivity index (χ0v) is 13.7. The van der Waals surface area contributed by atoms with Crippen LogP contribution in [-0.4, -0.2) is 20.6 Å². The molecule has 0 unspecified atom stereocenters. The van der Waals surface area contributed by atoms with E-state index >= 15 is 0 Å². The van der Waals surface area contributed by atoms with Gasteiger partial charge in [0, 0.05) is 5.56 Å². The zero-order chi connectivity index (χ0) is 18.1. The second-order valence-electron chi connectivity index (χ2n) is 5.81. The molecule has 1 aromatic heterocycles. The second-order valence-corrected chi connectivity index (χ2v) is 5.81. The number of carbonyl (C=O) groups is 1. The normalized spacial score (nSPS) is 10.8. The Bertz CT molecular complexity index is 1180. The number of hydrogen-bond donors (Lipinski definition) is 1. The number of aromatic nitrogens is 2. The highest BCUT2D eigenvalue weighted by Gasteiger charge is 2.15. The summed E-state index contributed by atoms with van der Waals surface area (Å²) in [6, 6.07) is 22.8. The van der Waals surface area contributed by atoms with E-state index in [1.807, 2.05) is 36.4 Å². The Hall–Kier alpha value is -3.73. The van der Waals surface area contributed by atoms with Crippen LogP contribution in [-0.2, 0) is 0 Å². The summed E-state index contributed by atoms with van der Waals surface area (Å²) >= 11 is 0. The zero-order valence-electron chi connectivity index (χ0n) is 13.7. The first-order chi connectivity index (χ1) is 12.6. The molecule has 0 aliphatic carbocycles. The van der Waals surface area contributed by atoms with E-state index in [0.717, 1.165) is 5.56 Å². The molecule has 0 amide bonds. The summed E-state index contributed by atoms with van der Waals surface area (Å²) < 4.78 is 1.46. The molecular formula is C21H14N2O3. The van der Waals surface area contributed by atoms with Crippen LogP contribution in [0.5, 0.6) is 0 Å². The van der Waals surface area contributed by atoms with Crippen molar-refractivity contribution in [2.24, 2.45) is 0 Å². The highest BCUT2D eigenvalue weighted by atomic mass is 16.4. The number of carboxylic acids is 1. The first-order valence-corrected chi connectivity index (χ1v) is 8.06. The lowest BCUT2D eigenvalue weighted by Gasteiger charge is -2.14. The first-order valence-electron chi connectivity index (χ1n) is 8.06. The molecule has 0 aliphatic heterocycles. The van der Waals surface area contributed by atoms with Crippen molar-refractivity contribution in [2.75, 3.05) is 0 Å². The van der Waals surface area contributed by atoms with E-state index in [2.05, 4.69) is 4.98 Å². The molecule has 3 aromatic carbocycles. The molecule has 0 bridgehead atoms. The second kappa shape index (κ2) is 6.29. The molecule has 5 nitrogen and oxygen atoms in total. The van der Waals surface area contributed by atoms with Gasteiger partial charge in [0.2, 0.25) is 0 Å². The molecule has 126 valence electrons. The minimum atomic E-state index is -1.05. The van der Waals surface area contributed by atoms with Crippen molar-refractivity contribution >= 4 is 16.9 Å². The van der Waals surface area contributed by atoms with Gasteiger partial charge in [-0.05, 0) is 30.3 Å². The number of carboxylic acid groups (broad SMARTS) is 1. The van der Waals surface area contributed by atoms with Gasteiger partial charge >= 0.3 is 5.97 Å². The monoisotopic (exact) mass is 342 g/mol. The standard InChI is InChI=1S/C21H14N2O3/c24-20-17-11-4-5-12-18(17)22-19(14-7-2-1-3-8-14)23(20)16-10-6-9-15(13-16)21(25)26/h1-13H,(H,25,26). The molecule has 0 fully saturated rings. The highest BCUT2D eigenvalue weighted by Crippen LogP contribution is 2.22. The van der Waals surface area contributed by atoms with E-state index < -0.39 is 5.97 Å². The minimum absolute atomic E-state index is 0.113. The van der Waals surface area contributed by atoms with Crippen LogP contribution < -0.4 is 5.56 Å². The summed E-state index contributed by atoms with van der Waals surface area (Å²) in [5.74, 6) is -0.577. The van der Waals surface area contributed by atoms with Crippen LogP contribution in [0.25, 0.3) is 28.0 Å². The van der Waals surface area contributed by atoms with E-state index in [1.54, 1.807) is 30.3 Å². The molecule has 5 heteroatoms. The van der Waals surface area contributed by atoms with Gasteiger partial charge in [-0.25, -0.2) is 9.78 Å². The van der Waals surface area contributed by atoms with E-state index in [9.17, 15) is 14.7 Å². The maximum absolute atomic E-state index is 13.2. The SMILES string of the molecule is O=C(O)c1cccc(-n2c(-c3ccccc3)nc3ccccc3c2=O)c1. The van der Waals surface area contributed by atoms with Gasteiger partial charge in [0.25, 0.3) is 5.56 Å². The Labute approximate surface area is 148 Å². The molecule has 1 heterocycles.